The Kier molecular flexibility index (Phi) is 11.5. The summed E-state index contributed by atoms with van der Waals surface area (Å²) in [4.78, 5) is 0. The molecule has 0 aromatic rings. The largest absolute Gasteiger partial charge is 0.284 e. The van der Waals surface area contributed by atoms with Crippen molar-refractivity contribution in [2.24, 2.45) is 0 Å². The Bertz CT molecular complexity index is 398. The second-order valence-electron chi connectivity index (χ2n) is 4.61. The zero-order valence-corrected chi connectivity index (χ0v) is 24.9. The van der Waals surface area contributed by atoms with Crippen molar-refractivity contribution in [3.63, 3.8) is 0 Å². The van der Waals surface area contributed by atoms with Crippen LogP contribution in [-0.4, -0.2) is 33.8 Å². The van der Waals surface area contributed by atoms with Gasteiger partial charge in [0.05, 0.1) is 0 Å². The van der Waals surface area contributed by atoms with Gasteiger partial charge in [-0.3, -0.25) is 5.32 Å². The number of rotatable bonds is 2. The Hall–Kier alpha value is 5.18. The Balaban J connectivity index is 7.45. The summed E-state index contributed by atoms with van der Waals surface area (Å²) in [5.74, 6) is 0. The lowest BCUT2D eigenvalue weighted by Gasteiger charge is -2.58. The summed E-state index contributed by atoms with van der Waals surface area (Å²) in [5, 5.41) is 2.15. The standard InChI is InChI=1S/C8HCl18N/c9-3(10,11)1(4(12,13)14,5(15,16)17)27-2(6(18,19)20,7(21,22)23)8(24,25)26/h27H. The number of hydrogen-bond acceptors (Lipinski definition) is 1. The highest BCUT2D eigenvalue weighted by Crippen LogP contribution is 2.67. The lowest BCUT2D eigenvalue weighted by molar-refractivity contribution is 0.209. The van der Waals surface area contributed by atoms with Crippen molar-refractivity contribution < 1.29 is 0 Å². The van der Waals surface area contributed by atoms with Crippen molar-refractivity contribution in [1.82, 2.24) is 5.32 Å². The maximum absolute atomic E-state index is 5.96. The van der Waals surface area contributed by atoms with Crippen LogP contribution in [0.1, 0.15) is 0 Å². The maximum atomic E-state index is 5.96. The summed E-state index contributed by atoms with van der Waals surface area (Å²) in [6.07, 6.45) is 0. The molecule has 0 spiro atoms. The molecule has 0 aromatic heterocycles. The summed E-state index contributed by atoms with van der Waals surface area (Å²) < 4.78 is -16.9. The third kappa shape index (κ3) is 6.25. The van der Waals surface area contributed by atoms with Crippen molar-refractivity contribution in [3.8, 4) is 0 Å². The summed E-state index contributed by atoms with van der Waals surface area (Å²) in [5.41, 5.74) is -5.91. The molecule has 0 rings (SSSR count). The molecule has 0 aromatic carbocycles. The molecular weight excluding hydrogens is 748 g/mol. The van der Waals surface area contributed by atoms with Crippen LogP contribution in [0.5, 0.6) is 0 Å². The molecule has 0 aliphatic heterocycles. The average Bonchev–Trinajstić information content (AvgIpc) is 2.16. The molecule has 1 N–H and O–H groups in total. The second kappa shape index (κ2) is 9.67. The van der Waals surface area contributed by atoms with Gasteiger partial charge in [-0.15, -0.1) is 0 Å². The monoisotopic (exact) mass is 740 g/mol. The third-order valence-corrected chi connectivity index (χ3v) is 8.03. The maximum Gasteiger partial charge on any atom is 0.216 e. The first-order valence-electron chi connectivity index (χ1n) is 5.40. The van der Waals surface area contributed by atoms with Crippen LogP contribution in [0, 0.1) is 0 Å². The second-order valence-corrected chi connectivity index (χ2v) is 18.3. The van der Waals surface area contributed by atoms with Gasteiger partial charge in [-0.1, -0.05) is 209 Å². The molecule has 1 nitrogen and oxygen atoms in total. The molecule has 27 heavy (non-hydrogen) atoms. The number of nitrogens with one attached hydrogen (secondary N) is 1. The van der Waals surface area contributed by atoms with Crippen molar-refractivity contribution >= 4 is 209 Å². The van der Waals surface area contributed by atoms with Gasteiger partial charge in [0.25, 0.3) is 0 Å². The zero-order valence-electron chi connectivity index (χ0n) is 11.3. The minimum Gasteiger partial charge on any atom is -0.284 e. The van der Waals surface area contributed by atoms with Crippen LogP contribution in [0.3, 0.4) is 0 Å². The Morgan fingerprint density at radius 3 is 0.444 bits per heavy atom. The number of halogens is 18. The van der Waals surface area contributed by atoms with Gasteiger partial charge < -0.3 is 0 Å². The fourth-order valence-corrected chi connectivity index (χ4v) is 10.2. The molecular formula is C8HCl18N. The van der Waals surface area contributed by atoms with Gasteiger partial charge in [0, 0.05) is 0 Å². The van der Waals surface area contributed by atoms with E-state index in [1.807, 2.05) is 0 Å². The van der Waals surface area contributed by atoms with E-state index in [2.05, 4.69) is 5.32 Å². The molecule has 0 heterocycles. The van der Waals surface area contributed by atoms with E-state index in [4.69, 9.17) is 209 Å². The van der Waals surface area contributed by atoms with E-state index in [0.717, 1.165) is 0 Å². The van der Waals surface area contributed by atoms with Gasteiger partial charge in [-0.05, 0) is 0 Å². The molecule has 0 atom stereocenters. The minimum atomic E-state index is -2.95. The highest BCUT2D eigenvalue weighted by molar-refractivity contribution is 6.81. The van der Waals surface area contributed by atoms with E-state index in [-0.39, 0.29) is 0 Å². The minimum absolute atomic E-state index is 2.15. The van der Waals surface area contributed by atoms with Crippen molar-refractivity contribution in [1.29, 1.82) is 0 Å². The third-order valence-electron chi connectivity index (χ3n) is 2.93. The highest BCUT2D eigenvalue weighted by atomic mass is 35.6. The SMILES string of the molecule is ClC(Cl)(Cl)C(NC(C(Cl)(Cl)Cl)(C(Cl)(Cl)Cl)C(Cl)(Cl)Cl)(C(Cl)(Cl)Cl)C(Cl)(Cl)Cl. The molecule has 0 aliphatic rings. The van der Waals surface area contributed by atoms with Crippen LogP contribution in [0.15, 0.2) is 0 Å². The van der Waals surface area contributed by atoms with E-state index in [0.29, 0.717) is 0 Å². The average molecular weight is 749 g/mol. The highest BCUT2D eigenvalue weighted by Gasteiger charge is 2.80. The van der Waals surface area contributed by atoms with Crippen LogP contribution in [-0.2, 0) is 0 Å². The fraction of sp³-hybridized carbons (Fsp3) is 1.00. The normalized spacial score (nSPS) is 16.7. The lowest BCUT2D eigenvalue weighted by atomic mass is 9.96. The topological polar surface area (TPSA) is 12.0 Å². The summed E-state index contributed by atoms with van der Waals surface area (Å²) >= 11 is 107. The van der Waals surface area contributed by atoms with Gasteiger partial charge in [-0.2, -0.15) is 0 Å². The molecule has 0 amide bonds. The quantitative estimate of drug-likeness (QED) is 0.277. The molecule has 164 valence electrons. The van der Waals surface area contributed by atoms with Gasteiger partial charge in [0.15, 0.2) is 11.1 Å². The first-order chi connectivity index (χ1) is 11.2. The molecule has 0 aliphatic carbocycles. The zero-order chi connectivity index (χ0) is 22.7. The van der Waals surface area contributed by atoms with E-state index in [1.54, 1.807) is 0 Å². The lowest BCUT2D eigenvalue weighted by Crippen LogP contribution is -2.83. The predicted molar refractivity (Wildman–Crippen MR) is 130 cm³/mol. The van der Waals surface area contributed by atoms with E-state index in [9.17, 15) is 0 Å². The van der Waals surface area contributed by atoms with Crippen LogP contribution in [0.2, 0.25) is 0 Å². The molecule has 0 saturated carbocycles. The van der Waals surface area contributed by atoms with Crippen LogP contribution < -0.4 is 5.32 Å². The van der Waals surface area contributed by atoms with Gasteiger partial charge >= 0.3 is 0 Å². The van der Waals surface area contributed by atoms with Crippen LogP contribution in [0.4, 0.5) is 0 Å². The summed E-state index contributed by atoms with van der Waals surface area (Å²) in [6, 6.07) is 0. The van der Waals surface area contributed by atoms with E-state index >= 15 is 0 Å². The molecule has 0 bridgehead atoms. The first kappa shape index (κ1) is 32.2. The van der Waals surface area contributed by atoms with E-state index in [1.165, 1.54) is 0 Å². The van der Waals surface area contributed by atoms with Gasteiger partial charge in [-0.25, -0.2) is 0 Å². The first-order valence-corrected chi connectivity index (χ1v) is 12.2. The molecule has 19 heteroatoms. The number of hydrogen-bond donors (Lipinski definition) is 1. The molecule has 0 fully saturated rings. The molecule has 0 radical (unpaired) electrons. The number of alkyl halides is 18. The van der Waals surface area contributed by atoms with Crippen LogP contribution in [0.25, 0.3) is 0 Å². The van der Waals surface area contributed by atoms with E-state index < -0.39 is 33.8 Å². The predicted octanol–water partition coefficient (Wildman–Crippen LogP) is 10.3. The van der Waals surface area contributed by atoms with Crippen molar-refractivity contribution in [3.05, 3.63) is 0 Å². The van der Waals surface area contributed by atoms with Crippen LogP contribution >= 0.6 is 209 Å². The van der Waals surface area contributed by atoms with Gasteiger partial charge in [0.2, 0.25) is 22.8 Å². The molecule has 0 saturated heterocycles. The summed E-state index contributed by atoms with van der Waals surface area (Å²) in [7, 11) is 0. The van der Waals surface area contributed by atoms with Gasteiger partial charge in [0.1, 0.15) is 0 Å². The Labute approximate surface area is 244 Å². The molecule has 0 unspecified atom stereocenters. The fourth-order valence-electron chi connectivity index (χ4n) is 1.67. The Morgan fingerprint density at radius 2 is 0.370 bits per heavy atom. The smallest absolute Gasteiger partial charge is 0.216 e. The Morgan fingerprint density at radius 1 is 0.259 bits per heavy atom. The summed E-state index contributed by atoms with van der Waals surface area (Å²) in [6.45, 7) is 0. The van der Waals surface area contributed by atoms with Crippen molar-refractivity contribution in [2.75, 3.05) is 0 Å². The van der Waals surface area contributed by atoms with Crippen molar-refractivity contribution in [2.45, 2.75) is 33.8 Å².